The maximum Gasteiger partial charge on any atom is 0.253 e. The van der Waals surface area contributed by atoms with E-state index in [0.29, 0.717) is 5.92 Å². The molecule has 0 radical (unpaired) electrons. The second kappa shape index (κ2) is 4.25. The van der Waals surface area contributed by atoms with Gasteiger partial charge in [-0.2, -0.15) is 0 Å². The lowest BCUT2D eigenvalue weighted by Crippen LogP contribution is -2.42. The van der Waals surface area contributed by atoms with Gasteiger partial charge >= 0.3 is 0 Å². The molecule has 0 saturated carbocycles. The van der Waals surface area contributed by atoms with Gasteiger partial charge < -0.3 is 4.84 Å². The zero-order valence-electron chi connectivity index (χ0n) is 8.70. The van der Waals surface area contributed by atoms with E-state index in [-0.39, 0.29) is 0 Å². The lowest BCUT2D eigenvalue weighted by atomic mass is 10.0. The molecule has 0 amide bonds. The average molecular weight is 185 g/mol. The third-order valence-corrected chi connectivity index (χ3v) is 2.31. The summed E-state index contributed by atoms with van der Waals surface area (Å²) in [6.45, 7) is 6.33. The fourth-order valence-electron chi connectivity index (χ4n) is 1.30. The molecule has 13 heavy (non-hydrogen) atoms. The monoisotopic (exact) mass is 185 g/mol. The van der Waals surface area contributed by atoms with E-state index in [1.54, 1.807) is 7.11 Å². The molecule has 4 heteroatoms. The molecule has 1 aromatic heterocycles. The summed E-state index contributed by atoms with van der Waals surface area (Å²) in [5.41, 5.74) is 2.03. The molecule has 1 rings (SSSR count). The normalized spacial score (nSPS) is 12.9. The molecular weight excluding hydrogens is 168 g/mol. The Hall–Kier alpha value is -1.06. The van der Waals surface area contributed by atoms with Crippen LogP contribution in [-0.2, 0) is 6.42 Å². The van der Waals surface area contributed by atoms with Gasteiger partial charge in [-0.1, -0.05) is 20.8 Å². The SMILES string of the molecule is CCc1c(C(C)CC)no[n+]1OC. The van der Waals surface area contributed by atoms with Gasteiger partial charge in [0.05, 0.1) is 0 Å². The standard InChI is InChI=1S/C9H17N2O2/c1-5-7(3)9-8(6-2)11(12-4)13-10-9/h7H,5-6H2,1-4H3/q+1. The van der Waals surface area contributed by atoms with Crippen molar-refractivity contribution in [2.24, 2.45) is 0 Å². The maximum atomic E-state index is 5.00. The first-order valence-electron chi connectivity index (χ1n) is 4.70. The summed E-state index contributed by atoms with van der Waals surface area (Å²) in [7, 11) is 1.57. The van der Waals surface area contributed by atoms with Crippen molar-refractivity contribution >= 4 is 0 Å². The summed E-state index contributed by atoms with van der Waals surface area (Å²) >= 11 is 0. The molecule has 1 unspecified atom stereocenters. The fourth-order valence-corrected chi connectivity index (χ4v) is 1.30. The Morgan fingerprint density at radius 1 is 1.54 bits per heavy atom. The molecule has 0 bridgehead atoms. The average Bonchev–Trinajstić information content (AvgIpc) is 2.58. The van der Waals surface area contributed by atoms with Crippen LogP contribution in [0.5, 0.6) is 0 Å². The molecule has 0 saturated heterocycles. The molecule has 0 aromatic carbocycles. The van der Waals surface area contributed by atoms with Crippen molar-refractivity contribution in [2.75, 3.05) is 7.11 Å². The first-order chi connectivity index (χ1) is 6.24. The van der Waals surface area contributed by atoms with Crippen molar-refractivity contribution in [3.8, 4) is 0 Å². The van der Waals surface area contributed by atoms with Gasteiger partial charge in [-0.25, -0.2) is 0 Å². The Labute approximate surface area is 78.4 Å². The summed E-state index contributed by atoms with van der Waals surface area (Å²) in [6.07, 6.45) is 1.93. The topological polar surface area (TPSA) is 39.1 Å². The highest BCUT2D eigenvalue weighted by Crippen LogP contribution is 2.18. The zero-order valence-corrected chi connectivity index (χ0v) is 8.70. The Bertz CT molecular complexity index is 271. The van der Waals surface area contributed by atoms with Crippen molar-refractivity contribution in [3.05, 3.63) is 11.4 Å². The van der Waals surface area contributed by atoms with E-state index in [2.05, 4.69) is 25.9 Å². The summed E-state index contributed by atoms with van der Waals surface area (Å²) in [6, 6.07) is 0. The third-order valence-electron chi connectivity index (χ3n) is 2.31. The second-order valence-corrected chi connectivity index (χ2v) is 3.11. The molecule has 0 aliphatic carbocycles. The Morgan fingerprint density at radius 2 is 2.23 bits per heavy atom. The van der Waals surface area contributed by atoms with E-state index < -0.39 is 0 Å². The second-order valence-electron chi connectivity index (χ2n) is 3.11. The van der Waals surface area contributed by atoms with Crippen LogP contribution in [0.4, 0.5) is 0 Å². The number of hydrogen-bond acceptors (Lipinski definition) is 3. The maximum absolute atomic E-state index is 5.00. The van der Waals surface area contributed by atoms with Crippen LogP contribution in [0, 0.1) is 0 Å². The molecule has 1 aromatic rings. The molecule has 0 fully saturated rings. The van der Waals surface area contributed by atoms with Gasteiger partial charge in [-0.3, -0.25) is 0 Å². The van der Waals surface area contributed by atoms with Crippen LogP contribution in [0.3, 0.4) is 0 Å². The predicted molar refractivity (Wildman–Crippen MR) is 47.3 cm³/mol. The number of aromatic nitrogens is 2. The summed E-state index contributed by atoms with van der Waals surface area (Å²) in [5.74, 6) is 0.426. The quantitative estimate of drug-likeness (QED) is 0.705. The Kier molecular flexibility index (Phi) is 3.28. The van der Waals surface area contributed by atoms with Crippen molar-refractivity contribution < 1.29 is 14.4 Å². The van der Waals surface area contributed by atoms with Crippen molar-refractivity contribution in [1.82, 2.24) is 5.16 Å². The van der Waals surface area contributed by atoms with Gasteiger partial charge in [0, 0.05) is 12.3 Å². The first-order valence-corrected chi connectivity index (χ1v) is 4.70. The van der Waals surface area contributed by atoms with Crippen molar-refractivity contribution in [1.29, 1.82) is 0 Å². The van der Waals surface area contributed by atoms with E-state index >= 15 is 0 Å². The van der Waals surface area contributed by atoms with Gasteiger partial charge in [0.2, 0.25) is 5.69 Å². The van der Waals surface area contributed by atoms with Gasteiger partial charge in [-0.05, 0) is 11.0 Å². The molecule has 0 aliphatic heterocycles. The first kappa shape index (κ1) is 10.0. The molecule has 1 atom stereocenters. The minimum absolute atomic E-state index is 0.426. The van der Waals surface area contributed by atoms with Crippen molar-refractivity contribution in [3.63, 3.8) is 0 Å². The molecule has 4 nitrogen and oxygen atoms in total. The fraction of sp³-hybridized carbons (Fsp3) is 0.778. The highest BCUT2D eigenvalue weighted by Gasteiger charge is 2.27. The van der Waals surface area contributed by atoms with Crippen LogP contribution in [0.1, 0.15) is 44.5 Å². The van der Waals surface area contributed by atoms with Gasteiger partial charge in [-0.15, -0.1) is 0 Å². The summed E-state index contributed by atoms with van der Waals surface area (Å²) in [5, 5.41) is 3.99. The van der Waals surface area contributed by atoms with E-state index in [4.69, 9.17) is 9.47 Å². The van der Waals surface area contributed by atoms with Gasteiger partial charge in [0.15, 0.2) is 5.16 Å². The number of rotatable bonds is 4. The van der Waals surface area contributed by atoms with Crippen molar-refractivity contribution in [2.45, 2.75) is 39.5 Å². The van der Waals surface area contributed by atoms with E-state index in [9.17, 15) is 0 Å². The van der Waals surface area contributed by atoms with Crippen LogP contribution in [0.15, 0.2) is 4.63 Å². The largest absolute Gasteiger partial charge is 0.305 e. The highest BCUT2D eigenvalue weighted by molar-refractivity contribution is 5.08. The summed E-state index contributed by atoms with van der Waals surface area (Å²) in [4.78, 5) is 6.38. The minimum Gasteiger partial charge on any atom is -0.305 e. The lowest BCUT2D eigenvalue weighted by molar-refractivity contribution is -1.02. The summed E-state index contributed by atoms with van der Waals surface area (Å²) < 4.78 is 5.00. The van der Waals surface area contributed by atoms with E-state index in [1.807, 2.05) is 0 Å². The van der Waals surface area contributed by atoms with Crippen LogP contribution in [-0.4, -0.2) is 12.3 Å². The van der Waals surface area contributed by atoms with Gasteiger partial charge in [0.1, 0.15) is 12.0 Å². The van der Waals surface area contributed by atoms with E-state index in [1.165, 1.54) is 4.90 Å². The smallest absolute Gasteiger partial charge is 0.253 e. The number of nitrogens with zero attached hydrogens (tertiary/aromatic N) is 2. The Morgan fingerprint density at radius 3 is 2.69 bits per heavy atom. The zero-order chi connectivity index (χ0) is 9.84. The van der Waals surface area contributed by atoms with E-state index in [0.717, 1.165) is 24.2 Å². The molecule has 0 spiro atoms. The van der Waals surface area contributed by atoms with Crippen LogP contribution >= 0.6 is 0 Å². The van der Waals surface area contributed by atoms with Crippen LogP contribution in [0.2, 0.25) is 0 Å². The minimum atomic E-state index is 0.426. The Balaban J connectivity index is 3.00. The molecule has 74 valence electrons. The molecule has 1 heterocycles. The molecule has 0 N–H and O–H groups in total. The van der Waals surface area contributed by atoms with Gasteiger partial charge in [0.25, 0.3) is 5.69 Å². The predicted octanol–water partition coefficient (Wildman–Crippen LogP) is 1.10. The molecular formula is C9H17N2O2+. The lowest BCUT2D eigenvalue weighted by Gasteiger charge is -1.98. The number of hydrogen-bond donors (Lipinski definition) is 0. The highest BCUT2D eigenvalue weighted by atomic mass is 16.8. The van der Waals surface area contributed by atoms with Crippen LogP contribution < -0.4 is 9.74 Å². The van der Waals surface area contributed by atoms with Crippen LogP contribution in [0.25, 0.3) is 0 Å². The molecule has 0 aliphatic rings. The third kappa shape index (κ3) is 1.82.